The monoisotopic (exact) mass is 449 g/mol. The second-order valence-corrected chi connectivity index (χ2v) is 7.98. The van der Waals surface area contributed by atoms with Crippen molar-refractivity contribution in [1.82, 2.24) is 4.90 Å². The summed E-state index contributed by atoms with van der Waals surface area (Å²) in [6.45, 7) is 1.63. The predicted molar refractivity (Wildman–Crippen MR) is 106 cm³/mol. The molecule has 1 atom stereocenters. The molecule has 2 heterocycles. The number of imide groups is 1. The highest BCUT2D eigenvalue weighted by Crippen LogP contribution is 2.33. The van der Waals surface area contributed by atoms with E-state index in [9.17, 15) is 14.4 Å². The fourth-order valence-electron chi connectivity index (χ4n) is 2.47. The summed E-state index contributed by atoms with van der Waals surface area (Å²) in [6, 6.07) is 11.2. The molecule has 2 aromatic rings. The number of thioether (sulfide) groups is 1. The number of carboxylic acid groups (broad SMARTS) is 1. The maximum absolute atomic E-state index is 12.4. The Morgan fingerprint density at radius 2 is 1.96 bits per heavy atom. The molecule has 0 saturated carbocycles. The molecule has 1 aliphatic rings. The molecule has 0 radical (unpaired) electrons. The summed E-state index contributed by atoms with van der Waals surface area (Å²) in [5.41, 5.74) is 0.897. The van der Waals surface area contributed by atoms with E-state index in [1.54, 1.807) is 19.1 Å². The second-order valence-electron chi connectivity index (χ2n) is 6.07. The summed E-state index contributed by atoms with van der Waals surface area (Å²) in [7, 11) is 0. The summed E-state index contributed by atoms with van der Waals surface area (Å²) in [6.07, 6.45) is 1.75. The molecular weight excluding hydrogens is 434 g/mol. The number of carboxylic acids is 1. The normalized spacial score (nSPS) is 17.0. The van der Waals surface area contributed by atoms with Crippen molar-refractivity contribution in [2.45, 2.75) is 13.3 Å². The Bertz CT molecular complexity index is 918. The molecule has 6 nitrogen and oxygen atoms in total. The Morgan fingerprint density at radius 3 is 2.63 bits per heavy atom. The van der Waals surface area contributed by atoms with E-state index in [1.165, 1.54) is 6.08 Å². The van der Waals surface area contributed by atoms with Gasteiger partial charge in [-0.3, -0.25) is 19.3 Å². The van der Waals surface area contributed by atoms with E-state index in [1.807, 2.05) is 24.3 Å². The molecule has 0 spiro atoms. The third kappa shape index (κ3) is 4.51. The number of amides is 2. The van der Waals surface area contributed by atoms with Crippen LogP contribution < -0.4 is 0 Å². The quantitative estimate of drug-likeness (QED) is 0.633. The molecular formula is C19H16BrNO5S. The number of hydrogen-bond acceptors (Lipinski definition) is 5. The number of nitrogens with zero attached hydrogens (tertiary/aromatic N) is 1. The fourth-order valence-corrected chi connectivity index (χ4v) is 3.58. The van der Waals surface area contributed by atoms with E-state index in [0.717, 1.165) is 26.7 Å². The minimum Gasteiger partial charge on any atom is -0.481 e. The smallest absolute Gasteiger partial charge is 0.306 e. The van der Waals surface area contributed by atoms with Gasteiger partial charge in [0, 0.05) is 22.7 Å². The van der Waals surface area contributed by atoms with Gasteiger partial charge in [0.2, 0.25) is 0 Å². The summed E-state index contributed by atoms with van der Waals surface area (Å²) in [5, 5.41) is 8.53. The van der Waals surface area contributed by atoms with Gasteiger partial charge in [-0.2, -0.15) is 0 Å². The molecule has 3 rings (SSSR count). The van der Waals surface area contributed by atoms with Crippen LogP contribution in [0.5, 0.6) is 0 Å². The van der Waals surface area contributed by atoms with E-state index in [2.05, 4.69) is 15.9 Å². The topological polar surface area (TPSA) is 87.8 Å². The molecule has 1 aromatic carbocycles. The highest BCUT2D eigenvalue weighted by molar-refractivity contribution is 9.10. The third-order valence-corrected chi connectivity index (χ3v) is 5.55. The summed E-state index contributed by atoms with van der Waals surface area (Å²) in [4.78, 5) is 36.7. The molecule has 1 aliphatic heterocycles. The van der Waals surface area contributed by atoms with Crippen LogP contribution >= 0.6 is 27.7 Å². The molecule has 8 heteroatoms. The van der Waals surface area contributed by atoms with E-state index < -0.39 is 23.0 Å². The van der Waals surface area contributed by atoms with E-state index in [0.29, 0.717) is 11.5 Å². The second kappa shape index (κ2) is 8.14. The zero-order valence-electron chi connectivity index (χ0n) is 14.3. The largest absolute Gasteiger partial charge is 0.481 e. The van der Waals surface area contributed by atoms with E-state index in [-0.39, 0.29) is 17.9 Å². The first-order valence-electron chi connectivity index (χ1n) is 8.19. The van der Waals surface area contributed by atoms with Crippen molar-refractivity contribution in [3.05, 3.63) is 51.5 Å². The van der Waals surface area contributed by atoms with Crippen molar-refractivity contribution >= 4 is 50.9 Å². The fraction of sp³-hybridized carbons (Fsp3) is 0.211. The van der Waals surface area contributed by atoms with Gasteiger partial charge in [-0.15, -0.1) is 0 Å². The lowest BCUT2D eigenvalue weighted by atomic mass is 10.1. The number of aliphatic carboxylic acids is 1. The van der Waals surface area contributed by atoms with Crippen LogP contribution in [0.4, 0.5) is 4.79 Å². The van der Waals surface area contributed by atoms with Crippen LogP contribution in [0.1, 0.15) is 19.1 Å². The molecule has 0 aliphatic carbocycles. The van der Waals surface area contributed by atoms with Crippen LogP contribution in [0.3, 0.4) is 0 Å². The number of halogens is 1. The molecule has 0 bridgehead atoms. The Kier molecular flexibility index (Phi) is 5.86. The first-order valence-corrected chi connectivity index (χ1v) is 9.80. The molecule has 140 valence electrons. The molecule has 27 heavy (non-hydrogen) atoms. The van der Waals surface area contributed by atoms with Crippen molar-refractivity contribution in [1.29, 1.82) is 0 Å². The Labute approximate surface area is 168 Å². The van der Waals surface area contributed by atoms with E-state index in [4.69, 9.17) is 9.52 Å². The molecule has 2 amide bonds. The Hall–Kier alpha value is -2.32. The Balaban J connectivity index is 1.72. The standard InChI is InChI=1S/C19H16BrNO5S/c1-11(18(23)24)8-9-21-17(22)16(27-19(21)25)10-14-6-7-15(26-14)12-2-4-13(20)5-3-12/h2-7,10-11H,8-9H2,1H3,(H,23,24). The van der Waals surface area contributed by atoms with Gasteiger partial charge in [0.05, 0.1) is 10.8 Å². The highest BCUT2D eigenvalue weighted by atomic mass is 79.9. The summed E-state index contributed by atoms with van der Waals surface area (Å²) >= 11 is 4.21. The SMILES string of the molecule is CC(CCN1C(=O)SC(=Cc2ccc(-c3ccc(Br)cc3)o2)C1=O)C(=O)O. The maximum atomic E-state index is 12.4. The number of carbonyl (C=O) groups is 3. The van der Waals surface area contributed by atoms with Crippen LogP contribution in [0.2, 0.25) is 0 Å². The molecule has 1 N–H and O–H groups in total. The van der Waals surface area contributed by atoms with Gasteiger partial charge in [0.15, 0.2) is 0 Å². The van der Waals surface area contributed by atoms with Gasteiger partial charge < -0.3 is 9.52 Å². The highest BCUT2D eigenvalue weighted by Gasteiger charge is 2.35. The van der Waals surface area contributed by atoms with Gasteiger partial charge >= 0.3 is 5.97 Å². The molecule has 1 saturated heterocycles. The van der Waals surface area contributed by atoms with Gasteiger partial charge in [-0.05, 0) is 42.4 Å². The average Bonchev–Trinajstić information content (AvgIpc) is 3.19. The zero-order valence-corrected chi connectivity index (χ0v) is 16.7. The van der Waals surface area contributed by atoms with Gasteiger partial charge in [-0.25, -0.2) is 0 Å². The van der Waals surface area contributed by atoms with Crippen molar-refractivity contribution < 1.29 is 23.9 Å². The van der Waals surface area contributed by atoms with Gasteiger partial charge in [0.1, 0.15) is 11.5 Å². The minimum absolute atomic E-state index is 0.0811. The van der Waals surface area contributed by atoms with Gasteiger partial charge in [0.25, 0.3) is 11.1 Å². The Morgan fingerprint density at radius 1 is 1.26 bits per heavy atom. The van der Waals surface area contributed by atoms with Crippen LogP contribution in [0.15, 0.2) is 50.2 Å². The first-order chi connectivity index (χ1) is 12.8. The van der Waals surface area contributed by atoms with Crippen molar-refractivity contribution in [2.24, 2.45) is 5.92 Å². The predicted octanol–water partition coefficient (Wildman–Crippen LogP) is 4.86. The average molecular weight is 450 g/mol. The summed E-state index contributed by atoms with van der Waals surface area (Å²) < 4.78 is 6.72. The molecule has 1 aromatic heterocycles. The lowest BCUT2D eigenvalue weighted by Gasteiger charge is -2.13. The van der Waals surface area contributed by atoms with Crippen LogP contribution in [0.25, 0.3) is 17.4 Å². The lowest BCUT2D eigenvalue weighted by molar-refractivity contribution is -0.141. The summed E-state index contributed by atoms with van der Waals surface area (Å²) in [5.74, 6) is -0.875. The molecule has 1 fully saturated rings. The number of hydrogen-bond donors (Lipinski definition) is 1. The van der Waals surface area contributed by atoms with Crippen LogP contribution in [0, 0.1) is 5.92 Å². The van der Waals surface area contributed by atoms with E-state index >= 15 is 0 Å². The van der Waals surface area contributed by atoms with Crippen molar-refractivity contribution in [2.75, 3.05) is 6.54 Å². The van der Waals surface area contributed by atoms with Crippen molar-refractivity contribution in [3.8, 4) is 11.3 Å². The lowest BCUT2D eigenvalue weighted by Crippen LogP contribution is -2.31. The zero-order chi connectivity index (χ0) is 19.6. The minimum atomic E-state index is -0.950. The number of rotatable bonds is 6. The third-order valence-electron chi connectivity index (χ3n) is 4.11. The molecule has 1 unspecified atom stereocenters. The maximum Gasteiger partial charge on any atom is 0.306 e. The number of carbonyl (C=O) groups excluding carboxylic acids is 2. The van der Waals surface area contributed by atoms with Crippen LogP contribution in [-0.2, 0) is 9.59 Å². The number of benzene rings is 1. The van der Waals surface area contributed by atoms with Crippen molar-refractivity contribution in [3.63, 3.8) is 0 Å². The van der Waals surface area contributed by atoms with Crippen LogP contribution in [-0.4, -0.2) is 33.7 Å². The van der Waals surface area contributed by atoms with Gasteiger partial charge in [-0.1, -0.05) is 35.0 Å². The first kappa shape index (κ1) is 19.4. The number of furan rings is 1.